The van der Waals surface area contributed by atoms with Crippen molar-refractivity contribution in [1.82, 2.24) is 23.1 Å². The molecule has 1 aromatic carbocycles. The molecule has 0 saturated carbocycles. The van der Waals surface area contributed by atoms with Crippen molar-refractivity contribution in [3.05, 3.63) is 62.1 Å². The molecule has 0 saturated heterocycles. The molecule has 3 heterocycles. The normalized spacial score (nSPS) is 11.7. The maximum atomic E-state index is 12.9. The van der Waals surface area contributed by atoms with Gasteiger partial charge in [0.25, 0.3) is 5.56 Å². The summed E-state index contributed by atoms with van der Waals surface area (Å²) in [5.74, 6) is 0.632. The first-order valence-corrected chi connectivity index (χ1v) is 8.62. The van der Waals surface area contributed by atoms with Gasteiger partial charge in [-0.1, -0.05) is 12.1 Å². The molecule has 0 aliphatic rings. The Bertz CT molecular complexity index is 1300. The molecule has 4 rings (SSSR count). The van der Waals surface area contributed by atoms with E-state index in [0.717, 1.165) is 22.5 Å². The van der Waals surface area contributed by atoms with E-state index in [2.05, 4.69) is 23.2 Å². The summed E-state index contributed by atoms with van der Waals surface area (Å²) in [6.45, 7) is 8.20. The van der Waals surface area contributed by atoms with Gasteiger partial charge in [-0.15, -0.1) is 0 Å². The quantitative estimate of drug-likeness (QED) is 0.555. The van der Waals surface area contributed by atoms with Gasteiger partial charge >= 0.3 is 5.69 Å². The highest BCUT2D eigenvalue weighted by molar-refractivity contribution is 5.76. The van der Waals surface area contributed by atoms with Crippen molar-refractivity contribution in [2.24, 2.45) is 7.05 Å². The second-order valence-electron chi connectivity index (χ2n) is 6.74. The third-order valence-electron chi connectivity index (χ3n) is 4.95. The monoisotopic (exact) mass is 351 g/mol. The van der Waals surface area contributed by atoms with Crippen molar-refractivity contribution in [1.29, 1.82) is 0 Å². The van der Waals surface area contributed by atoms with Gasteiger partial charge in [-0.25, -0.2) is 4.79 Å². The summed E-state index contributed by atoms with van der Waals surface area (Å²) < 4.78 is 6.50. The molecular weight excluding hydrogens is 330 g/mol. The smallest absolute Gasteiger partial charge is 0.283 e. The van der Waals surface area contributed by atoms with Gasteiger partial charge in [0.15, 0.2) is 11.2 Å². The number of fused-ring (bicyclic) bond motifs is 3. The fraction of sp³-hybridized carbons (Fsp3) is 0.316. The summed E-state index contributed by atoms with van der Waals surface area (Å²) in [6, 6.07) is 6.24. The summed E-state index contributed by atoms with van der Waals surface area (Å²) in [6.07, 6.45) is 1.90. The second kappa shape index (κ2) is 5.45. The third-order valence-corrected chi connectivity index (χ3v) is 4.95. The number of aromatic nitrogens is 5. The number of hydrogen-bond acceptors (Lipinski definition) is 3. The number of hydrogen-bond donors (Lipinski definition) is 0. The van der Waals surface area contributed by atoms with Gasteiger partial charge in [-0.2, -0.15) is 4.98 Å². The Morgan fingerprint density at radius 1 is 1.12 bits per heavy atom. The lowest BCUT2D eigenvalue weighted by Gasteiger charge is -2.10. The number of benzene rings is 1. The van der Waals surface area contributed by atoms with Gasteiger partial charge in [0, 0.05) is 25.5 Å². The van der Waals surface area contributed by atoms with E-state index in [1.165, 1.54) is 9.13 Å². The summed E-state index contributed by atoms with van der Waals surface area (Å²) in [5, 5.41) is 0. The highest BCUT2D eigenvalue weighted by atomic mass is 16.2. The van der Waals surface area contributed by atoms with Gasteiger partial charge < -0.3 is 0 Å². The van der Waals surface area contributed by atoms with Crippen molar-refractivity contribution >= 4 is 16.9 Å². The first-order valence-electron chi connectivity index (χ1n) is 8.62. The Morgan fingerprint density at radius 3 is 2.54 bits per heavy atom. The lowest BCUT2D eigenvalue weighted by atomic mass is 10.1. The lowest BCUT2D eigenvalue weighted by Crippen LogP contribution is -2.38. The Morgan fingerprint density at radius 2 is 1.85 bits per heavy atom. The minimum atomic E-state index is -0.347. The molecule has 0 bridgehead atoms. The van der Waals surface area contributed by atoms with Gasteiger partial charge in [-0.05, 0) is 44.9 Å². The number of rotatable bonds is 2. The molecule has 0 aliphatic carbocycles. The van der Waals surface area contributed by atoms with Crippen LogP contribution in [0.2, 0.25) is 0 Å². The van der Waals surface area contributed by atoms with E-state index in [0.29, 0.717) is 23.5 Å². The molecule has 0 aliphatic heterocycles. The Balaban J connectivity index is 2.21. The minimum Gasteiger partial charge on any atom is -0.283 e. The minimum absolute atomic E-state index is 0.309. The van der Waals surface area contributed by atoms with E-state index in [-0.39, 0.29) is 11.2 Å². The van der Waals surface area contributed by atoms with Crippen LogP contribution in [-0.2, 0) is 13.6 Å². The van der Waals surface area contributed by atoms with Gasteiger partial charge in [0.2, 0.25) is 5.78 Å². The summed E-state index contributed by atoms with van der Waals surface area (Å²) in [7, 11) is 1.65. The standard InChI is InChI=1S/C19H21N5O2/c1-6-22-17(25)15-16(21(5)19(22)26)20-18-23(15)10-13(4)24(18)14-9-11(2)7-8-12(14)3/h7-10H,6H2,1-5H3. The fourth-order valence-corrected chi connectivity index (χ4v) is 3.55. The number of aryl methyl sites for hydroxylation is 4. The molecule has 0 radical (unpaired) electrons. The summed E-state index contributed by atoms with van der Waals surface area (Å²) in [5.41, 5.74) is 4.43. The van der Waals surface area contributed by atoms with E-state index < -0.39 is 0 Å². The molecular formula is C19H21N5O2. The SMILES string of the molecule is CCn1c(=O)c2c(nc3n(-c4cc(C)ccc4C)c(C)cn23)n(C)c1=O. The molecule has 26 heavy (non-hydrogen) atoms. The predicted octanol–water partition coefficient (Wildman–Crippen LogP) is 2.08. The molecule has 0 atom stereocenters. The van der Waals surface area contributed by atoms with Crippen LogP contribution in [0.4, 0.5) is 0 Å². The topological polar surface area (TPSA) is 66.2 Å². The van der Waals surface area contributed by atoms with Crippen LogP contribution in [0.15, 0.2) is 34.0 Å². The maximum Gasteiger partial charge on any atom is 0.332 e. The van der Waals surface area contributed by atoms with Crippen LogP contribution in [-0.4, -0.2) is 23.1 Å². The van der Waals surface area contributed by atoms with Crippen LogP contribution in [0.1, 0.15) is 23.7 Å². The highest BCUT2D eigenvalue weighted by Gasteiger charge is 2.20. The molecule has 0 fully saturated rings. The van der Waals surface area contributed by atoms with Crippen molar-refractivity contribution in [3.63, 3.8) is 0 Å². The van der Waals surface area contributed by atoms with Gasteiger partial charge in [0.1, 0.15) is 0 Å². The molecule has 0 spiro atoms. The van der Waals surface area contributed by atoms with E-state index in [9.17, 15) is 9.59 Å². The van der Waals surface area contributed by atoms with Gasteiger partial charge in [0.05, 0.1) is 5.69 Å². The highest BCUT2D eigenvalue weighted by Crippen LogP contribution is 2.24. The number of imidazole rings is 2. The van der Waals surface area contributed by atoms with Gasteiger partial charge in [-0.3, -0.25) is 22.9 Å². The Labute approximate surface area is 149 Å². The third kappa shape index (κ3) is 2.03. The van der Waals surface area contributed by atoms with E-state index >= 15 is 0 Å². The predicted molar refractivity (Wildman–Crippen MR) is 101 cm³/mol. The zero-order valence-electron chi connectivity index (χ0n) is 15.6. The molecule has 3 aromatic heterocycles. The fourth-order valence-electron chi connectivity index (χ4n) is 3.55. The lowest BCUT2D eigenvalue weighted by molar-refractivity contribution is 0.637. The van der Waals surface area contributed by atoms with Crippen LogP contribution in [0.3, 0.4) is 0 Å². The van der Waals surface area contributed by atoms with Crippen LogP contribution in [0.25, 0.3) is 22.6 Å². The first-order chi connectivity index (χ1) is 12.3. The molecule has 0 N–H and O–H groups in total. The molecule has 4 aromatic rings. The summed E-state index contributed by atoms with van der Waals surface area (Å²) >= 11 is 0. The summed E-state index contributed by atoms with van der Waals surface area (Å²) in [4.78, 5) is 29.9. The molecule has 0 unspecified atom stereocenters. The molecule has 7 heteroatoms. The van der Waals surface area contributed by atoms with E-state index in [1.54, 1.807) is 18.4 Å². The molecule has 0 amide bonds. The zero-order chi connectivity index (χ0) is 18.7. The zero-order valence-corrected chi connectivity index (χ0v) is 15.6. The Kier molecular flexibility index (Phi) is 3.44. The van der Waals surface area contributed by atoms with Crippen LogP contribution < -0.4 is 11.2 Å². The Hall–Kier alpha value is -3.09. The first kappa shape index (κ1) is 16.4. The number of nitrogens with zero attached hydrogens (tertiary/aromatic N) is 5. The second-order valence-corrected chi connectivity index (χ2v) is 6.74. The van der Waals surface area contributed by atoms with Crippen LogP contribution in [0, 0.1) is 20.8 Å². The average molecular weight is 351 g/mol. The van der Waals surface area contributed by atoms with Crippen molar-refractivity contribution in [2.45, 2.75) is 34.2 Å². The van der Waals surface area contributed by atoms with Crippen LogP contribution in [0.5, 0.6) is 0 Å². The van der Waals surface area contributed by atoms with Crippen LogP contribution >= 0.6 is 0 Å². The van der Waals surface area contributed by atoms with E-state index in [1.807, 2.05) is 31.5 Å². The van der Waals surface area contributed by atoms with Crippen molar-refractivity contribution in [3.8, 4) is 5.69 Å². The average Bonchev–Trinajstić information content (AvgIpc) is 3.10. The van der Waals surface area contributed by atoms with Crippen molar-refractivity contribution < 1.29 is 0 Å². The maximum absolute atomic E-state index is 12.9. The largest absolute Gasteiger partial charge is 0.332 e. The van der Waals surface area contributed by atoms with E-state index in [4.69, 9.17) is 0 Å². The molecule has 7 nitrogen and oxygen atoms in total. The van der Waals surface area contributed by atoms with Crippen molar-refractivity contribution in [2.75, 3.05) is 0 Å². The molecule has 134 valence electrons.